The van der Waals surface area contributed by atoms with E-state index >= 15 is 4.39 Å². The molecular formula is C35H33F5. The summed E-state index contributed by atoms with van der Waals surface area (Å²) >= 11 is 0. The Morgan fingerprint density at radius 1 is 0.625 bits per heavy atom. The average molecular weight is 549 g/mol. The molecule has 0 bridgehead atoms. The predicted octanol–water partition coefficient (Wildman–Crippen LogP) is 9.92. The predicted molar refractivity (Wildman–Crippen MR) is 152 cm³/mol. The first-order valence-corrected chi connectivity index (χ1v) is 13.9. The zero-order chi connectivity index (χ0) is 28.5. The maximum absolute atomic E-state index is 15.2. The number of benzene rings is 4. The number of hydrogen-bond acceptors (Lipinski definition) is 0. The Labute approximate surface area is 233 Å². The minimum atomic E-state index is -4.47. The van der Waals surface area contributed by atoms with E-state index in [2.05, 4.69) is 30.9 Å². The molecule has 4 rings (SSSR count). The highest BCUT2D eigenvalue weighted by atomic mass is 19.4. The van der Waals surface area contributed by atoms with E-state index in [1.165, 1.54) is 43.7 Å². The van der Waals surface area contributed by atoms with Crippen molar-refractivity contribution < 1.29 is 22.0 Å². The van der Waals surface area contributed by atoms with Gasteiger partial charge >= 0.3 is 6.18 Å². The summed E-state index contributed by atoms with van der Waals surface area (Å²) in [6.45, 7) is 2.22. The third kappa shape index (κ3) is 8.42. The van der Waals surface area contributed by atoms with Crippen LogP contribution in [0.25, 0.3) is 10.8 Å². The molecule has 0 saturated carbocycles. The fraction of sp³-hybridized carbons (Fsp3) is 0.314. The molecule has 0 aliphatic carbocycles. The maximum Gasteiger partial charge on any atom is 0.393 e. The molecule has 0 saturated heterocycles. The molecule has 208 valence electrons. The van der Waals surface area contributed by atoms with E-state index in [0.29, 0.717) is 29.4 Å². The largest absolute Gasteiger partial charge is 0.393 e. The third-order valence-electron chi connectivity index (χ3n) is 7.10. The third-order valence-corrected chi connectivity index (χ3v) is 7.10. The maximum atomic E-state index is 15.2. The number of rotatable bonds is 10. The van der Waals surface area contributed by atoms with E-state index in [9.17, 15) is 17.6 Å². The molecule has 0 nitrogen and oxygen atoms in total. The Morgan fingerprint density at radius 2 is 1.30 bits per heavy atom. The van der Waals surface area contributed by atoms with Gasteiger partial charge in [0.2, 0.25) is 0 Å². The van der Waals surface area contributed by atoms with Crippen LogP contribution in [0.3, 0.4) is 0 Å². The normalized spacial score (nSPS) is 11.4. The monoisotopic (exact) mass is 548 g/mol. The lowest BCUT2D eigenvalue weighted by molar-refractivity contribution is -0.127. The van der Waals surface area contributed by atoms with Crippen LogP contribution in [0.15, 0.2) is 72.8 Å². The number of hydrogen-bond donors (Lipinski definition) is 0. The second-order valence-electron chi connectivity index (χ2n) is 10.3. The fourth-order valence-electron chi connectivity index (χ4n) is 4.82. The van der Waals surface area contributed by atoms with Gasteiger partial charge in [-0.25, -0.2) is 8.78 Å². The summed E-state index contributed by atoms with van der Waals surface area (Å²) in [6, 6.07) is 21.0. The standard InChI is InChI=1S/C35H33F5/c1-2-3-4-5-6-7-25-8-10-26(11-9-25)12-13-27-16-21-32-30(22-27)20-19-29(34(32)37)17-14-28-15-18-31(33(36)23-28)24-35(38,39)40/h8-11,15-16,18-23H,2-7,14,17,24H2,1H3. The first kappa shape index (κ1) is 29.3. The molecule has 0 heterocycles. The van der Waals surface area contributed by atoms with Crippen LogP contribution in [0.4, 0.5) is 22.0 Å². The van der Waals surface area contributed by atoms with Crippen LogP contribution in [0.1, 0.15) is 72.4 Å². The molecule has 40 heavy (non-hydrogen) atoms. The molecule has 0 fully saturated rings. The van der Waals surface area contributed by atoms with E-state index in [1.54, 1.807) is 18.2 Å². The smallest absolute Gasteiger partial charge is 0.207 e. The number of fused-ring (bicyclic) bond motifs is 1. The molecule has 0 unspecified atom stereocenters. The minimum absolute atomic E-state index is 0.302. The van der Waals surface area contributed by atoms with Crippen molar-refractivity contribution in [2.24, 2.45) is 0 Å². The van der Waals surface area contributed by atoms with Crippen molar-refractivity contribution in [1.29, 1.82) is 0 Å². The van der Waals surface area contributed by atoms with Gasteiger partial charge in [-0.05, 0) is 83.7 Å². The molecule has 0 N–H and O–H groups in total. The van der Waals surface area contributed by atoms with Crippen LogP contribution in [0, 0.1) is 23.5 Å². The summed E-state index contributed by atoms with van der Waals surface area (Å²) in [6.07, 6.45) is 2.23. The van der Waals surface area contributed by atoms with Crippen LogP contribution in [0.2, 0.25) is 0 Å². The van der Waals surface area contributed by atoms with Gasteiger partial charge in [-0.15, -0.1) is 0 Å². The quantitative estimate of drug-likeness (QED) is 0.105. The van der Waals surface area contributed by atoms with Crippen LogP contribution in [-0.2, 0) is 25.7 Å². The van der Waals surface area contributed by atoms with Gasteiger partial charge in [0, 0.05) is 16.5 Å². The van der Waals surface area contributed by atoms with Crippen molar-refractivity contribution in [3.63, 3.8) is 0 Å². The summed E-state index contributed by atoms with van der Waals surface area (Å²) in [7, 11) is 0. The molecule has 0 atom stereocenters. The Balaban J connectivity index is 1.38. The molecule has 4 aromatic carbocycles. The summed E-state index contributed by atoms with van der Waals surface area (Å²) < 4.78 is 67.1. The summed E-state index contributed by atoms with van der Waals surface area (Å²) in [5, 5.41) is 1.20. The summed E-state index contributed by atoms with van der Waals surface area (Å²) in [4.78, 5) is 0. The molecule has 0 spiro atoms. The van der Waals surface area contributed by atoms with Gasteiger partial charge in [0.25, 0.3) is 0 Å². The second kappa shape index (κ2) is 13.6. The first-order chi connectivity index (χ1) is 19.2. The van der Waals surface area contributed by atoms with E-state index in [1.807, 2.05) is 24.3 Å². The second-order valence-corrected chi connectivity index (χ2v) is 10.3. The zero-order valence-electron chi connectivity index (χ0n) is 22.7. The van der Waals surface area contributed by atoms with Gasteiger partial charge in [-0.3, -0.25) is 0 Å². The number of alkyl halides is 3. The fourth-order valence-corrected chi connectivity index (χ4v) is 4.82. The van der Waals surface area contributed by atoms with Gasteiger partial charge < -0.3 is 0 Å². The van der Waals surface area contributed by atoms with Crippen LogP contribution in [0.5, 0.6) is 0 Å². The molecule has 0 amide bonds. The molecule has 0 aromatic heterocycles. The van der Waals surface area contributed by atoms with E-state index in [4.69, 9.17) is 0 Å². The molecule has 0 aliphatic heterocycles. The van der Waals surface area contributed by atoms with Crippen LogP contribution >= 0.6 is 0 Å². The highest BCUT2D eigenvalue weighted by Crippen LogP contribution is 2.26. The number of unbranched alkanes of at least 4 members (excludes halogenated alkanes) is 4. The van der Waals surface area contributed by atoms with Crippen molar-refractivity contribution in [3.8, 4) is 11.8 Å². The Kier molecular flexibility index (Phi) is 9.98. The topological polar surface area (TPSA) is 0 Å². The number of halogens is 5. The lowest BCUT2D eigenvalue weighted by Gasteiger charge is -2.10. The summed E-state index contributed by atoms with van der Waals surface area (Å²) in [5.41, 5.74) is 3.64. The molecule has 5 heteroatoms. The molecule has 0 aliphatic rings. The van der Waals surface area contributed by atoms with Crippen molar-refractivity contribution in [1.82, 2.24) is 0 Å². The number of aryl methyl sites for hydroxylation is 3. The Hall–Kier alpha value is -3.65. The average Bonchev–Trinajstić information content (AvgIpc) is 2.93. The van der Waals surface area contributed by atoms with Gasteiger partial charge in [-0.1, -0.05) is 86.9 Å². The van der Waals surface area contributed by atoms with Crippen LogP contribution < -0.4 is 0 Å². The Morgan fingerprint density at radius 3 is 2.02 bits per heavy atom. The van der Waals surface area contributed by atoms with Crippen molar-refractivity contribution >= 4 is 10.8 Å². The molecular weight excluding hydrogens is 515 g/mol. The highest BCUT2D eigenvalue weighted by molar-refractivity contribution is 5.85. The van der Waals surface area contributed by atoms with Gasteiger partial charge in [-0.2, -0.15) is 13.2 Å². The molecule has 4 aromatic rings. The summed E-state index contributed by atoms with van der Waals surface area (Å²) in [5.74, 6) is 5.11. The van der Waals surface area contributed by atoms with Crippen molar-refractivity contribution in [3.05, 3.63) is 118 Å². The van der Waals surface area contributed by atoms with Gasteiger partial charge in [0.05, 0.1) is 6.42 Å². The lowest BCUT2D eigenvalue weighted by atomic mass is 9.98. The van der Waals surface area contributed by atoms with Gasteiger partial charge in [0.1, 0.15) is 11.6 Å². The van der Waals surface area contributed by atoms with E-state index in [-0.39, 0.29) is 5.82 Å². The zero-order valence-corrected chi connectivity index (χ0v) is 22.7. The Bertz CT molecular complexity index is 1490. The van der Waals surface area contributed by atoms with Crippen molar-refractivity contribution in [2.75, 3.05) is 0 Å². The SMILES string of the molecule is CCCCCCCc1ccc(C#Cc2ccc3c(F)c(CCc4ccc(CC(F)(F)F)c(F)c4)ccc3c2)cc1. The van der Waals surface area contributed by atoms with E-state index in [0.717, 1.165) is 35.1 Å². The first-order valence-electron chi connectivity index (χ1n) is 13.9. The highest BCUT2D eigenvalue weighted by Gasteiger charge is 2.29. The molecule has 0 radical (unpaired) electrons. The lowest BCUT2D eigenvalue weighted by Crippen LogP contribution is -2.13. The van der Waals surface area contributed by atoms with E-state index < -0.39 is 24.0 Å². The minimum Gasteiger partial charge on any atom is -0.207 e. The van der Waals surface area contributed by atoms with Gasteiger partial charge in [0.15, 0.2) is 0 Å². The van der Waals surface area contributed by atoms with Crippen LogP contribution in [-0.4, -0.2) is 6.18 Å². The van der Waals surface area contributed by atoms with Crippen molar-refractivity contribution in [2.45, 2.75) is 70.9 Å².